The number of benzene rings is 1. The molecule has 0 aliphatic carbocycles. The summed E-state index contributed by atoms with van der Waals surface area (Å²) in [5.74, 6) is -2.56. The summed E-state index contributed by atoms with van der Waals surface area (Å²) in [6, 6.07) is 1.29. The summed E-state index contributed by atoms with van der Waals surface area (Å²) in [5.41, 5.74) is 1.33. The Labute approximate surface area is 102 Å². The number of nitrogens with one attached hydrogen (secondary N) is 1. The van der Waals surface area contributed by atoms with Gasteiger partial charge in [0.1, 0.15) is 11.6 Å². The third-order valence-electron chi connectivity index (χ3n) is 2.65. The minimum atomic E-state index is -1.21. The van der Waals surface area contributed by atoms with Crippen molar-refractivity contribution in [2.45, 2.75) is 20.4 Å². The van der Waals surface area contributed by atoms with Gasteiger partial charge in [-0.15, -0.1) is 0 Å². The van der Waals surface area contributed by atoms with Crippen LogP contribution in [-0.4, -0.2) is 5.16 Å². The molecule has 1 N–H and O–H groups in total. The molecule has 1 aromatic carbocycles. The van der Waals surface area contributed by atoms with Crippen molar-refractivity contribution in [1.82, 2.24) is 5.16 Å². The molecular weight excluding hydrogens is 245 g/mol. The van der Waals surface area contributed by atoms with Gasteiger partial charge < -0.3 is 9.84 Å². The average Bonchev–Trinajstić information content (AvgIpc) is 2.62. The lowest BCUT2D eigenvalue weighted by molar-refractivity contribution is 0.392. The van der Waals surface area contributed by atoms with Crippen LogP contribution in [0.4, 0.5) is 18.9 Å². The van der Waals surface area contributed by atoms with Crippen LogP contribution in [0, 0.1) is 31.3 Å². The number of rotatable bonds is 3. The first-order chi connectivity index (χ1) is 8.49. The Hall–Kier alpha value is -1.98. The van der Waals surface area contributed by atoms with Gasteiger partial charge in [-0.3, -0.25) is 0 Å². The fraction of sp³-hybridized carbons (Fsp3) is 0.250. The van der Waals surface area contributed by atoms with Gasteiger partial charge in [-0.2, -0.15) is 0 Å². The molecule has 0 spiro atoms. The molecule has 1 aromatic heterocycles. The monoisotopic (exact) mass is 256 g/mol. The number of halogens is 3. The van der Waals surface area contributed by atoms with Crippen molar-refractivity contribution in [3.05, 3.63) is 46.6 Å². The molecule has 0 aliphatic rings. The predicted molar refractivity (Wildman–Crippen MR) is 59.6 cm³/mol. The van der Waals surface area contributed by atoms with E-state index >= 15 is 0 Å². The van der Waals surface area contributed by atoms with Crippen molar-refractivity contribution in [2.75, 3.05) is 5.32 Å². The molecule has 0 aliphatic heterocycles. The van der Waals surface area contributed by atoms with Crippen LogP contribution >= 0.6 is 0 Å². The molecule has 0 unspecified atom stereocenters. The third kappa shape index (κ3) is 2.32. The van der Waals surface area contributed by atoms with Crippen molar-refractivity contribution >= 4 is 5.69 Å². The highest BCUT2D eigenvalue weighted by molar-refractivity contribution is 5.46. The van der Waals surface area contributed by atoms with E-state index < -0.39 is 17.5 Å². The molecule has 0 atom stereocenters. The highest BCUT2D eigenvalue weighted by Crippen LogP contribution is 2.20. The number of hydrogen-bond acceptors (Lipinski definition) is 3. The summed E-state index contributed by atoms with van der Waals surface area (Å²) < 4.78 is 44.0. The van der Waals surface area contributed by atoms with Gasteiger partial charge in [0.15, 0.2) is 11.6 Å². The number of aromatic nitrogens is 1. The second-order valence-electron chi connectivity index (χ2n) is 3.90. The van der Waals surface area contributed by atoms with E-state index in [1.165, 1.54) is 0 Å². The van der Waals surface area contributed by atoms with Crippen LogP contribution in [0.5, 0.6) is 0 Å². The zero-order valence-electron chi connectivity index (χ0n) is 9.85. The van der Waals surface area contributed by atoms with Crippen LogP contribution < -0.4 is 5.32 Å². The van der Waals surface area contributed by atoms with E-state index in [1.54, 1.807) is 13.8 Å². The second kappa shape index (κ2) is 4.72. The van der Waals surface area contributed by atoms with Crippen molar-refractivity contribution in [2.24, 2.45) is 0 Å². The molecule has 0 bridgehead atoms. The molecular formula is C12H11F3N2O. The molecule has 1 heterocycles. The maximum absolute atomic E-state index is 13.4. The molecule has 96 valence electrons. The van der Waals surface area contributed by atoms with Gasteiger partial charge in [-0.1, -0.05) is 5.16 Å². The smallest absolute Gasteiger partial charge is 0.161 e. The van der Waals surface area contributed by atoms with Gasteiger partial charge in [0.05, 0.1) is 11.4 Å². The van der Waals surface area contributed by atoms with Crippen LogP contribution in [0.25, 0.3) is 0 Å². The Bertz CT molecular complexity index is 561. The van der Waals surface area contributed by atoms with Gasteiger partial charge >= 0.3 is 0 Å². The van der Waals surface area contributed by atoms with Crippen LogP contribution in [0.1, 0.15) is 17.0 Å². The molecule has 0 saturated heterocycles. The van der Waals surface area contributed by atoms with Gasteiger partial charge in [-0.05, 0) is 13.8 Å². The lowest BCUT2D eigenvalue weighted by Crippen LogP contribution is -2.04. The minimum Gasteiger partial charge on any atom is -0.378 e. The van der Waals surface area contributed by atoms with E-state index in [1.807, 2.05) is 0 Å². The normalized spacial score (nSPS) is 10.7. The molecule has 0 amide bonds. The van der Waals surface area contributed by atoms with Gasteiger partial charge in [0.2, 0.25) is 0 Å². The zero-order chi connectivity index (χ0) is 13.3. The third-order valence-corrected chi connectivity index (χ3v) is 2.65. The van der Waals surface area contributed by atoms with E-state index in [2.05, 4.69) is 10.5 Å². The van der Waals surface area contributed by atoms with Crippen LogP contribution in [0.3, 0.4) is 0 Å². The van der Waals surface area contributed by atoms with Crippen molar-refractivity contribution in [3.8, 4) is 0 Å². The summed E-state index contributed by atoms with van der Waals surface area (Å²) >= 11 is 0. The second-order valence-corrected chi connectivity index (χ2v) is 3.90. The van der Waals surface area contributed by atoms with E-state index in [4.69, 9.17) is 4.52 Å². The van der Waals surface area contributed by atoms with Crippen LogP contribution in [-0.2, 0) is 6.54 Å². The summed E-state index contributed by atoms with van der Waals surface area (Å²) in [6.07, 6.45) is 0. The number of aryl methyl sites for hydroxylation is 2. The Balaban J connectivity index is 2.18. The van der Waals surface area contributed by atoms with E-state index in [0.29, 0.717) is 17.5 Å². The Kier molecular flexibility index (Phi) is 3.27. The summed E-state index contributed by atoms with van der Waals surface area (Å²) in [4.78, 5) is 0. The van der Waals surface area contributed by atoms with Gasteiger partial charge in [0.25, 0.3) is 0 Å². The maximum Gasteiger partial charge on any atom is 0.161 e. The molecule has 2 rings (SSSR count). The lowest BCUT2D eigenvalue weighted by Gasteiger charge is -2.07. The first kappa shape index (κ1) is 12.5. The van der Waals surface area contributed by atoms with Gasteiger partial charge in [0, 0.05) is 24.2 Å². The fourth-order valence-corrected chi connectivity index (χ4v) is 1.60. The minimum absolute atomic E-state index is 0.103. The van der Waals surface area contributed by atoms with E-state index in [0.717, 1.165) is 11.6 Å². The summed E-state index contributed by atoms with van der Waals surface area (Å²) in [5, 5.41) is 6.42. The summed E-state index contributed by atoms with van der Waals surface area (Å²) in [6.45, 7) is 3.69. The molecule has 0 fully saturated rings. The zero-order valence-corrected chi connectivity index (χ0v) is 9.85. The van der Waals surface area contributed by atoms with Crippen LogP contribution in [0.2, 0.25) is 0 Å². The highest BCUT2D eigenvalue weighted by atomic mass is 19.2. The average molecular weight is 256 g/mol. The highest BCUT2D eigenvalue weighted by Gasteiger charge is 2.12. The first-order valence-electron chi connectivity index (χ1n) is 5.29. The number of nitrogens with zero attached hydrogens (tertiary/aromatic N) is 1. The molecule has 0 saturated carbocycles. The van der Waals surface area contributed by atoms with E-state index in [9.17, 15) is 13.2 Å². The maximum atomic E-state index is 13.4. The van der Waals surface area contributed by atoms with E-state index in [-0.39, 0.29) is 12.2 Å². The molecule has 2 aromatic rings. The quantitative estimate of drug-likeness (QED) is 0.856. The topological polar surface area (TPSA) is 38.1 Å². The Morgan fingerprint density at radius 3 is 2.39 bits per heavy atom. The fourth-order valence-electron chi connectivity index (χ4n) is 1.60. The van der Waals surface area contributed by atoms with Crippen molar-refractivity contribution in [1.29, 1.82) is 0 Å². The van der Waals surface area contributed by atoms with Gasteiger partial charge in [-0.25, -0.2) is 13.2 Å². The lowest BCUT2D eigenvalue weighted by atomic mass is 10.2. The predicted octanol–water partition coefficient (Wildman–Crippen LogP) is 3.32. The largest absolute Gasteiger partial charge is 0.378 e. The number of anilines is 1. The standard InChI is InChI=1S/C12H11F3N2O/c1-6-8(7(2)18-17-6)5-16-12-4-10(14)9(13)3-11(12)15/h3-4,16H,5H2,1-2H3. The molecule has 6 heteroatoms. The number of hydrogen-bond donors (Lipinski definition) is 1. The van der Waals surface area contributed by atoms with Crippen molar-refractivity contribution < 1.29 is 17.7 Å². The Morgan fingerprint density at radius 2 is 1.78 bits per heavy atom. The molecule has 18 heavy (non-hydrogen) atoms. The first-order valence-corrected chi connectivity index (χ1v) is 5.29. The molecule has 0 radical (unpaired) electrons. The summed E-state index contributed by atoms with van der Waals surface area (Å²) in [7, 11) is 0. The molecule has 3 nitrogen and oxygen atoms in total. The Morgan fingerprint density at radius 1 is 1.11 bits per heavy atom. The van der Waals surface area contributed by atoms with Crippen molar-refractivity contribution in [3.63, 3.8) is 0 Å². The SMILES string of the molecule is Cc1noc(C)c1CNc1cc(F)c(F)cc1F. The van der Waals surface area contributed by atoms with Crippen LogP contribution in [0.15, 0.2) is 16.7 Å².